The molecule has 30 heavy (non-hydrogen) atoms. The van der Waals surface area contributed by atoms with Crippen molar-refractivity contribution in [3.63, 3.8) is 0 Å². The Hall–Kier alpha value is -2.78. The lowest BCUT2D eigenvalue weighted by Gasteiger charge is -2.14. The number of nitrogens with zero attached hydrogens (tertiary/aromatic N) is 5. The normalized spacial score (nSPS) is 12.4. The van der Waals surface area contributed by atoms with Crippen LogP contribution in [0.15, 0.2) is 53.9 Å². The lowest BCUT2D eigenvalue weighted by molar-refractivity contribution is -0.115. The van der Waals surface area contributed by atoms with Gasteiger partial charge in [0.1, 0.15) is 0 Å². The number of aromatic nitrogens is 5. The number of nitrogens with one attached hydrogen (secondary N) is 1. The minimum Gasteiger partial charge on any atom is -0.302 e. The maximum atomic E-state index is 12.8. The van der Waals surface area contributed by atoms with Crippen molar-refractivity contribution in [3.05, 3.63) is 48.8 Å². The van der Waals surface area contributed by atoms with Crippen molar-refractivity contribution >= 4 is 44.4 Å². The number of para-hydroxylation sites is 1. The largest absolute Gasteiger partial charge is 0.302 e. The Morgan fingerprint density at radius 2 is 1.90 bits per heavy atom. The number of carbonyl (C=O) groups excluding carboxylic acids is 1. The summed E-state index contributed by atoms with van der Waals surface area (Å²) in [5.74, 6) is 1.09. The summed E-state index contributed by atoms with van der Waals surface area (Å²) in [4.78, 5) is 21.3. The van der Waals surface area contributed by atoms with E-state index in [4.69, 9.17) is 0 Å². The number of carbonyl (C=O) groups is 1. The summed E-state index contributed by atoms with van der Waals surface area (Å²) in [6, 6.07) is 11.7. The molecular formula is C21H22N6OS2. The molecule has 0 unspecified atom stereocenters. The van der Waals surface area contributed by atoms with E-state index in [0.717, 1.165) is 33.3 Å². The Bertz CT molecular complexity index is 1120. The third-order valence-corrected chi connectivity index (χ3v) is 6.41. The molecule has 154 valence electrons. The molecule has 0 saturated heterocycles. The topological polar surface area (TPSA) is 85.6 Å². The average Bonchev–Trinajstić information content (AvgIpc) is 3.31. The van der Waals surface area contributed by atoms with Crippen molar-refractivity contribution in [1.29, 1.82) is 0 Å². The lowest BCUT2D eigenvalue weighted by Crippen LogP contribution is -2.23. The molecule has 4 aromatic rings. The quantitative estimate of drug-likeness (QED) is 0.420. The van der Waals surface area contributed by atoms with Gasteiger partial charge in [-0.1, -0.05) is 49.1 Å². The first-order chi connectivity index (χ1) is 14.5. The van der Waals surface area contributed by atoms with Crippen LogP contribution in [0.4, 0.5) is 5.13 Å². The molecule has 1 amide bonds. The SMILES string of the molecule is CC(C)Cn1c(S[C@@H](C)C(=O)Nc2nc3ccccc3s2)nnc1-c1ccncc1. The molecule has 0 aliphatic heterocycles. The molecule has 1 N–H and O–H groups in total. The molecule has 1 atom stereocenters. The third kappa shape index (κ3) is 4.52. The fraction of sp³-hybridized carbons (Fsp3) is 0.286. The van der Waals surface area contributed by atoms with Crippen LogP contribution < -0.4 is 5.32 Å². The molecule has 0 aliphatic carbocycles. The van der Waals surface area contributed by atoms with E-state index in [2.05, 4.69) is 43.9 Å². The highest BCUT2D eigenvalue weighted by molar-refractivity contribution is 8.00. The van der Waals surface area contributed by atoms with Crippen LogP contribution in [0.3, 0.4) is 0 Å². The maximum Gasteiger partial charge on any atom is 0.239 e. The predicted molar refractivity (Wildman–Crippen MR) is 122 cm³/mol. The van der Waals surface area contributed by atoms with E-state index in [0.29, 0.717) is 11.0 Å². The Morgan fingerprint density at radius 1 is 1.13 bits per heavy atom. The number of rotatable bonds is 7. The van der Waals surface area contributed by atoms with Crippen LogP contribution >= 0.6 is 23.1 Å². The second kappa shape index (κ2) is 8.93. The Labute approximate surface area is 183 Å². The summed E-state index contributed by atoms with van der Waals surface area (Å²) in [7, 11) is 0. The molecular weight excluding hydrogens is 416 g/mol. The molecule has 0 fully saturated rings. The van der Waals surface area contributed by atoms with Gasteiger partial charge in [0.25, 0.3) is 0 Å². The number of amides is 1. The van der Waals surface area contributed by atoms with Gasteiger partial charge in [-0.25, -0.2) is 4.98 Å². The summed E-state index contributed by atoms with van der Waals surface area (Å²) in [6.07, 6.45) is 3.48. The van der Waals surface area contributed by atoms with Crippen molar-refractivity contribution in [2.45, 2.75) is 37.7 Å². The summed E-state index contributed by atoms with van der Waals surface area (Å²) in [5, 5.41) is 12.7. The van der Waals surface area contributed by atoms with Crippen LogP contribution in [0.5, 0.6) is 0 Å². The average molecular weight is 439 g/mol. The first kappa shape index (κ1) is 20.5. The van der Waals surface area contributed by atoms with Gasteiger partial charge in [0, 0.05) is 24.5 Å². The van der Waals surface area contributed by atoms with Gasteiger partial charge in [0.15, 0.2) is 16.1 Å². The standard InChI is InChI=1S/C21H22N6OS2/c1-13(2)12-27-18(15-8-10-22-11-9-15)25-26-21(27)29-14(3)19(28)24-20-23-16-6-4-5-7-17(16)30-20/h4-11,13-14H,12H2,1-3H3,(H,23,24,28)/t14-/m0/s1. The number of thioether (sulfide) groups is 1. The number of benzene rings is 1. The molecule has 0 aliphatic rings. The van der Waals surface area contributed by atoms with Crippen LogP contribution in [0.2, 0.25) is 0 Å². The molecule has 0 bridgehead atoms. The van der Waals surface area contributed by atoms with Crippen LogP contribution in [-0.2, 0) is 11.3 Å². The zero-order valence-corrected chi connectivity index (χ0v) is 18.6. The third-order valence-electron chi connectivity index (χ3n) is 4.38. The van der Waals surface area contributed by atoms with E-state index < -0.39 is 0 Å². The maximum absolute atomic E-state index is 12.8. The Morgan fingerprint density at radius 3 is 2.63 bits per heavy atom. The predicted octanol–water partition coefficient (Wildman–Crippen LogP) is 4.73. The van der Waals surface area contributed by atoms with E-state index >= 15 is 0 Å². The van der Waals surface area contributed by atoms with Crippen LogP contribution in [-0.4, -0.2) is 35.9 Å². The van der Waals surface area contributed by atoms with Gasteiger partial charge in [0.2, 0.25) is 5.91 Å². The van der Waals surface area contributed by atoms with E-state index in [1.807, 2.05) is 43.3 Å². The molecule has 0 radical (unpaired) electrons. The smallest absolute Gasteiger partial charge is 0.239 e. The lowest BCUT2D eigenvalue weighted by atomic mass is 10.2. The van der Waals surface area contributed by atoms with Gasteiger partial charge in [-0.15, -0.1) is 10.2 Å². The monoisotopic (exact) mass is 438 g/mol. The Kier molecular flexibility index (Phi) is 6.10. The molecule has 1 aromatic carbocycles. The zero-order chi connectivity index (χ0) is 21.1. The minimum atomic E-state index is -0.350. The van der Waals surface area contributed by atoms with E-state index in [1.165, 1.54) is 23.1 Å². The molecule has 0 spiro atoms. The van der Waals surface area contributed by atoms with Crippen LogP contribution in [0, 0.1) is 5.92 Å². The summed E-state index contributed by atoms with van der Waals surface area (Å²) in [6.45, 7) is 6.93. The van der Waals surface area contributed by atoms with Gasteiger partial charge in [-0.05, 0) is 37.1 Å². The highest BCUT2D eigenvalue weighted by atomic mass is 32.2. The Balaban J connectivity index is 1.52. The molecule has 9 heteroatoms. The minimum absolute atomic E-state index is 0.108. The summed E-state index contributed by atoms with van der Waals surface area (Å²) >= 11 is 2.87. The number of pyridine rings is 1. The van der Waals surface area contributed by atoms with E-state index in [1.54, 1.807) is 12.4 Å². The molecule has 0 saturated carbocycles. The zero-order valence-electron chi connectivity index (χ0n) is 16.9. The van der Waals surface area contributed by atoms with E-state index in [-0.39, 0.29) is 11.2 Å². The second-order valence-corrected chi connectivity index (χ2v) is 9.62. The summed E-state index contributed by atoms with van der Waals surface area (Å²) < 4.78 is 3.12. The highest BCUT2D eigenvalue weighted by Gasteiger charge is 2.22. The van der Waals surface area contributed by atoms with Crippen molar-refractivity contribution in [1.82, 2.24) is 24.7 Å². The molecule has 3 aromatic heterocycles. The van der Waals surface area contributed by atoms with Crippen molar-refractivity contribution in [3.8, 4) is 11.4 Å². The fourth-order valence-electron chi connectivity index (χ4n) is 2.96. The molecule has 3 heterocycles. The van der Waals surface area contributed by atoms with Crippen LogP contribution in [0.1, 0.15) is 20.8 Å². The van der Waals surface area contributed by atoms with Crippen molar-refractivity contribution < 1.29 is 4.79 Å². The number of hydrogen-bond acceptors (Lipinski definition) is 7. The number of fused-ring (bicyclic) bond motifs is 1. The van der Waals surface area contributed by atoms with Gasteiger partial charge >= 0.3 is 0 Å². The number of hydrogen-bond donors (Lipinski definition) is 1. The van der Waals surface area contributed by atoms with Gasteiger partial charge in [-0.2, -0.15) is 0 Å². The fourth-order valence-corrected chi connectivity index (χ4v) is 4.69. The van der Waals surface area contributed by atoms with Crippen molar-refractivity contribution in [2.75, 3.05) is 5.32 Å². The number of thiazole rings is 1. The molecule has 4 rings (SSSR count). The van der Waals surface area contributed by atoms with Gasteiger partial charge in [-0.3, -0.25) is 9.78 Å². The summed E-state index contributed by atoms with van der Waals surface area (Å²) in [5.41, 5.74) is 1.84. The highest BCUT2D eigenvalue weighted by Crippen LogP contribution is 2.29. The molecule has 7 nitrogen and oxygen atoms in total. The van der Waals surface area contributed by atoms with Gasteiger partial charge < -0.3 is 9.88 Å². The van der Waals surface area contributed by atoms with Gasteiger partial charge in [0.05, 0.1) is 15.5 Å². The van der Waals surface area contributed by atoms with E-state index in [9.17, 15) is 4.79 Å². The first-order valence-corrected chi connectivity index (χ1v) is 11.4. The number of anilines is 1. The first-order valence-electron chi connectivity index (χ1n) is 9.68. The van der Waals surface area contributed by atoms with Crippen LogP contribution in [0.25, 0.3) is 21.6 Å². The second-order valence-electron chi connectivity index (χ2n) is 7.28. The van der Waals surface area contributed by atoms with Crippen molar-refractivity contribution in [2.24, 2.45) is 5.92 Å².